The summed E-state index contributed by atoms with van der Waals surface area (Å²) in [4.78, 5) is 40.6. The van der Waals surface area contributed by atoms with Gasteiger partial charge in [0.1, 0.15) is 5.75 Å². The summed E-state index contributed by atoms with van der Waals surface area (Å²) in [5, 5.41) is 0. The van der Waals surface area contributed by atoms with Gasteiger partial charge in [-0.05, 0) is 44.4 Å². The first-order valence-corrected chi connectivity index (χ1v) is 9.35. The number of aryl methyl sites for hydroxylation is 1. The molecule has 0 aromatic heterocycles. The Morgan fingerprint density at radius 2 is 1.93 bits per heavy atom. The molecule has 0 aliphatic carbocycles. The van der Waals surface area contributed by atoms with Crippen molar-refractivity contribution in [3.8, 4) is 5.75 Å². The van der Waals surface area contributed by atoms with Gasteiger partial charge in [-0.3, -0.25) is 14.4 Å². The number of likely N-dealkylation sites (tertiary alicyclic amines) is 1. The van der Waals surface area contributed by atoms with E-state index in [1.165, 1.54) is 0 Å². The fourth-order valence-corrected chi connectivity index (χ4v) is 3.62. The van der Waals surface area contributed by atoms with Crippen molar-refractivity contribution in [1.82, 2.24) is 4.90 Å². The molecule has 0 bridgehead atoms. The van der Waals surface area contributed by atoms with E-state index in [4.69, 9.17) is 9.47 Å². The molecule has 0 saturated carbocycles. The number of rotatable bonds is 5. The number of anilines is 1. The number of amides is 2. The maximum atomic E-state index is 12.5. The Morgan fingerprint density at radius 1 is 1.22 bits per heavy atom. The summed E-state index contributed by atoms with van der Waals surface area (Å²) in [5.41, 5.74) is 1.65. The highest BCUT2D eigenvalue weighted by molar-refractivity contribution is 6.00. The Hall–Kier alpha value is -2.57. The van der Waals surface area contributed by atoms with Crippen LogP contribution < -0.4 is 9.64 Å². The largest absolute Gasteiger partial charge is 0.495 e. The monoisotopic (exact) mass is 374 g/mol. The molecule has 0 N–H and O–H groups in total. The second-order valence-electron chi connectivity index (χ2n) is 7.19. The second kappa shape index (κ2) is 7.98. The van der Waals surface area contributed by atoms with Crippen molar-refractivity contribution in [2.45, 2.75) is 39.2 Å². The van der Waals surface area contributed by atoms with Crippen LogP contribution in [0.3, 0.4) is 0 Å². The normalized spacial score (nSPS) is 20.7. The van der Waals surface area contributed by atoms with E-state index in [0.29, 0.717) is 24.5 Å². The molecule has 2 fully saturated rings. The molecule has 146 valence electrons. The number of nitrogens with zero attached hydrogens (tertiary/aromatic N) is 2. The minimum Gasteiger partial charge on any atom is -0.495 e. The van der Waals surface area contributed by atoms with Crippen LogP contribution in [-0.2, 0) is 19.1 Å². The first kappa shape index (κ1) is 19.2. The van der Waals surface area contributed by atoms with Crippen LogP contribution in [0, 0.1) is 12.8 Å². The summed E-state index contributed by atoms with van der Waals surface area (Å²) in [6.07, 6.45) is 1.21. The van der Waals surface area contributed by atoms with E-state index in [0.717, 1.165) is 18.4 Å². The summed E-state index contributed by atoms with van der Waals surface area (Å²) >= 11 is 0. The summed E-state index contributed by atoms with van der Waals surface area (Å²) in [6.45, 7) is 5.17. The Kier molecular flexibility index (Phi) is 5.68. The molecule has 27 heavy (non-hydrogen) atoms. The SMILES string of the molecule is COc1ccc(C)cc1N1C[C@@H](C(=O)O[C@H](C)C(=O)N2CCCC2)CC1=O. The van der Waals surface area contributed by atoms with Gasteiger partial charge in [0.15, 0.2) is 6.10 Å². The van der Waals surface area contributed by atoms with Crippen molar-refractivity contribution in [3.63, 3.8) is 0 Å². The predicted octanol–water partition coefficient (Wildman–Crippen LogP) is 1.91. The number of carbonyl (C=O) groups excluding carboxylic acids is 3. The van der Waals surface area contributed by atoms with E-state index in [1.807, 2.05) is 19.1 Å². The summed E-state index contributed by atoms with van der Waals surface area (Å²) in [5.74, 6) is -0.823. The maximum absolute atomic E-state index is 12.5. The van der Waals surface area contributed by atoms with Gasteiger partial charge < -0.3 is 19.3 Å². The number of hydrogen-bond acceptors (Lipinski definition) is 5. The fraction of sp³-hybridized carbons (Fsp3) is 0.550. The molecule has 0 unspecified atom stereocenters. The Balaban J connectivity index is 1.65. The third-order valence-electron chi connectivity index (χ3n) is 5.14. The third kappa shape index (κ3) is 4.07. The average Bonchev–Trinajstić information content (AvgIpc) is 3.30. The van der Waals surface area contributed by atoms with Crippen molar-refractivity contribution in [2.75, 3.05) is 31.6 Å². The third-order valence-corrected chi connectivity index (χ3v) is 5.14. The molecule has 1 aromatic rings. The van der Waals surface area contributed by atoms with Gasteiger partial charge in [-0.15, -0.1) is 0 Å². The minimum absolute atomic E-state index is 0.0700. The van der Waals surface area contributed by atoms with Crippen LogP contribution in [-0.4, -0.2) is 55.5 Å². The second-order valence-corrected chi connectivity index (χ2v) is 7.19. The van der Waals surface area contributed by atoms with Gasteiger partial charge in [0.2, 0.25) is 5.91 Å². The molecule has 2 aliphatic rings. The summed E-state index contributed by atoms with van der Waals surface area (Å²) < 4.78 is 10.7. The quantitative estimate of drug-likeness (QED) is 0.736. The summed E-state index contributed by atoms with van der Waals surface area (Å²) in [7, 11) is 1.55. The highest BCUT2D eigenvalue weighted by Gasteiger charge is 2.38. The lowest BCUT2D eigenvalue weighted by Crippen LogP contribution is -2.39. The van der Waals surface area contributed by atoms with Gasteiger partial charge >= 0.3 is 5.97 Å². The highest BCUT2D eigenvalue weighted by atomic mass is 16.5. The van der Waals surface area contributed by atoms with Gasteiger partial charge in [-0.2, -0.15) is 0 Å². The molecule has 2 aliphatic heterocycles. The zero-order chi connectivity index (χ0) is 19.6. The molecule has 3 rings (SSSR count). The Morgan fingerprint density at radius 3 is 2.59 bits per heavy atom. The molecule has 7 nitrogen and oxygen atoms in total. The van der Waals surface area contributed by atoms with Gasteiger partial charge in [-0.1, -0.05) is 6.07 Å². The number of hydrogen-bond donors (Lipinski definition) is 0. The lowest BCUT2D eigenvalue weighted by atomic mass is 10.1. The number of benzene rings is 1. The van der Waals surface area contributed by atoms with Crippen molar-refractivity contribution < 1.29 is 23.9 Å². The van der Waals surface area contributed by atoms with Crippen molar-refractivity contribution in [3.05, 3.63) is 23.8 Å². The van der Waals surface area contributed by atoms with E-state index in [9.17, 15) is 14.4 Å². The van der Waals surface area contributed by atoms with Gasteiger partial charge in [0.25, 0.3) is 5.91 Å². The lowest BCUT2D eigenvalue weighted by Gasteiger charge is -2.22. The standard InChI is InChI=1S/C20H26N2O5/c1-13-6-7-17(26-3)16(10-13)22-12-15(11-18(22)23)20(25)27-14(2)19(24)21-8-4-5-9-21/h6-7,10,14-15H,4-5,8-9,11-12H2,1-3H3/t14-,15+/m1/s1. The molecular formula is C20H26N2O5. The van der Waals surface area contributed by atoms with E-state index in [1.54, 1.807) is 29.9 Å². The smallest absolute Gasteiger partial charge is 0.312 e. The van der Waals surface area contributed by atoms with Crippen LogP contribution in [0.25, 0.3) is 0 Å². The Labute approximate surface area is 159 Å². The Bertz CT molecular complexity index is 742. The van der Waals surface area contributed by atoms with Crippen LogP contribution in [0.5, 0.6) is 5.75 Å². The lowest BCUT2D eigenvalue weighted by molar-refractivity contribution is -0.161. The molecule has 0 radical (unpaired) electrons. The maximum Gasteiger partial charge on any atom is 0.312 e. The van der Waals surface area contributed by atoms with E-state index < -0.39 is 18.0 Å². The number of methoxy groups -OCH3 is 1. The molecule has 2 atom stereocenters. The first-order valence-electron chi connectivity index (χ1n) is 9.35. The number of ether oxygens (including phenoxy) is 2. The minimum atomic E-state index is -0.826. The zero-order valence-electron chi connectivity index (χ0n) is 16.1. The van der Waals surface area contributed by atoms with Crippen molar-refractivity contribution in [1.29, 1.82) is 0 Å². The molecular weight excluding hydrogens is 348 g/mol. The molecule has 7 heteroatoms. The van der Waals surface area contributed by atoms with Crippen molar-refractivity contribution >= 4 is 23.5 Å². The van der Waals surface area contributed by atoms with Crippen LogP contribution in [0.1, 0.15) is 31.7 Å². The predicted molar refractivity (Wildman–Crippen MR) is 99.6 cm³/mol. The average molecular weight is 374 g/mol. The van der Waals surface area contributed by atoms with Gasteiger partial charge in [-0.25, -0.2) is 0 Å². The topological polar surface area (TPSA) is 76.2 Å². The zero-order valence-corrected chi connectivity index (χ0v) is 16.1. The number of carbonyl (C=O) groups is 3. The summed E-state index contributed by atoms with van der Waals surface area (Å²) in [6, 6.07) is 5.57. The van der Waals surface area contributed by atoms with Crippen molar-refractivity contribution in [2.24, 2.45) is 5.92 Å². The first-order chi connectivity index (χ1) is 12.9. The van der Waals surface area contributed by atoms with Gasteiger partial charge in [0.05, 0.1) is 18.7 Å². The van der Waals surface area contributed by atoms with Crippen LogP contribution in [0.4, 0.5) is 5.69 Å². The fourth-order valence-electron chi connectivity index (χ4n) is 3.62. The molecule has 2 saturated heterocycles. The molecule has 2 amide bonds. The van der Waals surface area contributed by atoms with E-state index in [2.05, 4.69) is 0 Å². The van der Waals surface area contributed by atoms with Crippen LogP contribution in [0.15, 0.2) is 18.2 Å². The van der Waals surface area contributed by atoms with E-state index in [-0.39, 0.29) is 24.8 Å². The molecule has 0 spiro atoms. The highest BCUT2D eigenvalue weighted by Crippen LogP contribution is 2.34. The molecule has 2 heterocycles. The van der Waals surface area contributed by atoms with Crippen LogP contribution >= 0.6 is 0 Å². The molecule has 1 aromatic carbocycles. The van der Waals surface area contributed by atoms with Gasteiger partial charge in [0, 0.05) is 26.1 Å². The van der Waals surface area contributed by atoms with E-state index >= 15 is 0 Å². The number of esters is 1. The van der Waals surface area contributed by atoms with Crippen LogP contribution in [0.2, 0.25) is 0 Å².